The van der Waals surface area contributed by atoms with E-state index in [0.29, 0.717) is 0 Å². The van der Waals surface area contributed by atoms with E-state index < -0.39 is 7.60 Å². The lowest BCUT2D eigenvalue weighted by molar-refractivity contribution is 0.305. The third-order valence-electron chi connectivity index (χ3n) is 0.720. The molecule has 9 heavy (non-hydrogen) atoms. The van der Waals surface area contributed by atoms with E-state index in [1.807, 2.05) is 0 Å². The van der Waals surface area contributed by atoms with Crippen molar-refractivity contribution >= 4 is 7.60 Å². The van der Waals surface area contributed by atoms with Crippen molar-refractivity contribution in [2.75, 3.05) is 13.8 Å². The molecule has 0 aliphatic rings. The van der Waals surface area contributed by atoms with Gasteiger partial charge in [0.05, 0.1) is 6.26 Å². The second-order valence-electron chi connectivity index (χ2n) is 1.53. The lowest BCUT2D eigenvalue weighted by Gasteiger charge is -2.07. The van der Waals surface area contributed by atoms with Crippen LogP contribution in [0.1, 0.15) is 6.92 Å². The first kappa shape index (κ1) is 8.73. The highest BCUT2D eigenvalue weighted by molar-refractivity contribution is 7.53. The van der Waals surface area contributed by atoms with Gasteiger partial charge < -0.3 is 9.05 Å². The molecule has 1 atom stereocenters. The summed E-state index contributed by atoms with van der Waals surface area (Å²) < 4.78 is 20.0. The Morgan fingerprint density at radius 1 is 1.56 bits per heavy atom. The number of hydrogen-bond donors (Lipinski definition) is 0. The van der Waals surface area contributed by atoms with Crippen molar-refractivity contribution in [3.05, 3.63) is 12.3 Å². The summed E-state index contributed by atoms with van der Waals surface area (Å²) in [5.74, 6) is 0. The van der Waals surface area contributed by atoms with E-state index in [-0.39, 0.29) is 0 Å². The average Bonchev–Trinajstić information content (AvgIpc) is 1.84. The van der Waals surface area contributed by atoms with Gasteiger partial charge in [-0.05, 0) is 6.92 Å². The lowest BCUT2D eigenvalue weighted by Crippen LogP contribution is -1.82. The standard InChI is InChI=1S/C5H11O3P/c1-4-5-8-9(3,6)7-2/h4-5H,1-3H3. The second kappa shape index (κ2) is 3.70. The second-order valence-corrected chi connectivity index (χ2v) is 3.65. The van der Waals surface area contributed by atoms with Crippen LogP contribution in [0.25, 0.3) is 0 Å². The van der Waals surface area contributed by atoms with E-state index in [9.17, 15) is 4.57 Å². The molecule has 0 aromatic heterocycles. The minimum atomic E-state index is -2.78. The van der Waals surface area contributed by atoms with E-state index in [2.05, 4.69) is 9.05 Å². The maximum atomic E-state index is 10.8. The molecule has 0 radical (unpaired) electrons. The highest BCUT2D eigenvalue weighted by atomic mass is 31.2. The minimum absolute atomic E-state index is 1.35. The molecule has 0 fully saturated rings. The molecule has 0 spiro atoms. The zero-order valence-corrected chi connectivity index (χ0v) is 6.72. The maximum absolute atomic E-state index is 10.8. The van der Waals surface area contributed by atoms with Gasteiger partial charge in [0, 0.05) is 13.8 Å². The number of allylic oxidation sites excluding steroid dienone is 1. The molecule has 0 N–H and O–H groups in total. The first-order valence-electron chi connectivity index (χ1n) is 2.55. The van der Waals surface area contributed by atoms with Crippen molar-refractivity contribution in [3.8, 4) is 0 Å². The van der Waals surface area contributed by atoms with Crippen LogP contribution in [0.5, 0.6) is 0 Å². The SMILES string of the molecule is CC=COP(C)(=O)OC. The highest BCUT2D eigenvalue weighted by Crippen LogP contribution is 2.42. The van der Waals surface area contributed by atoms with Crippen LogP contribution in [0.2, 0.25) is 0 Å². The molecular weight excluding hydrogens is 139 g/mol. The van der Waals surface area contributed by atoms with Crippen LogP contribution in [0, 0.1) is 0 Å². The molecule has 0 bridgehead atoms. The third kappa shape index (κ3) is 4.25. The average molecular weight is 150 g/mol. The summed E-state index contributed by atoms with van der Waals surface area (Å²) in [5.41, 5.74) is 0. The van der Waals surface area contributed by atoms with Crippen LogP contribution in [0.3, 0.4) is 0 Å². The van der Waals surface area contributed by atoms with Crippen LogP contribution in [-0.2, 0) is 13.6 Å². The number of rotatable bonds is 3. The van der Waals surface area contributed by atoms with Gasteiger partial charge in [0.15, 0.2) is 0 Å². The molecule has 0 aromatic carbocycles. The highest BCUT2D eigenvalue weighted by Gasteiger charge is 2.11. The predicted octanol–water partition coefficient (Wildman–Crippen LogP) is 2.01. The quantitative estimate of drug-likeness (QED) is 0.456. The van der Waals surface area contributed by atoms with Crippen molar-refractivity contribution in [2.24, 2.45) is 0 Å². The van der Waals surface area contributed by atoms with Gasteiger partial charge in [0.2, 0.25) is 0 Å². The Bertz CT molecular complexity index is 141. The Morgan fingerprint density at radius 2 is 2.11 bits per heavy atom. The smallest absolute Gasteiger partial charge is 0.375 e. The monoisotopic (exact) mass is 150 g/mol. The summed E-state index contributed by atoms with van der Waals surface area (Å²) in [6.45, 7) is 3.18. The molecule has 0 aromatic rings. The van der Waals surface area contributed by atoms with Crippen molar-refractivity contribution in [1.82, 2.24) is 0 Å². The Labute approximate surface area is 55.2 Å². The van der Waals surface area contributed by atoms with E-state index >= 15 is 0 Å². The lowest BCUT2D eigenvalue weighted by atomic mass is 10.8. The predicted molar refractivity (Wildman–Crippen MR) is 36.4 cm³/mol. The van der Waals surface area contributed by atoms with Gasteiger partial charge in [0.25, 0.3) is 0 Å². The molecule has 0 rings (SSSR count). The van der Waals surface area contributed by atoms with E-state index in [1.54, 1.807) is 13.0 Å². The molecule has 0 saturated carbocycles. The van der Waals surface area contributed by atoms with Crippen molar-refractivity contribution in [3.63, 3.8) is 0 Å². The molecule has 0 aliphatic carbocycles. The summed E-state index contributed by atoms with van der Waals surface area (Å²) in [7, 11) is -1.43. The van der Waals surface area contributed by atoms with E-state index in [4.69, 9.17) is 0 Å². The van der Waals surface area contributed by atoms with Gasteiger partial charge in [0.1, 0.15) is 0 Å². The van der Waals surface area contributed by atoms with Gasteiger partial charge in [-0.15, -0.1) is 0 Å². The molecule has 3 nitrogen and oxygen atoms in total. The van der Waals surface area contributed by atoms with Gasteiger partial charge in [-0.3, -0.25) is 0 Å². The maximum Gasteiger partial charge on any atom is 0.375 e. The fraction of sp³-hybridized carbons (Fsp3) is 0.600. The summed E-state index contributed by atoms with van der Waals surface area (Å²) >= 11 is 0. The van der Waals surface area contributed by atoms with Crippen molar-refractivity contribution in [1.29, 1.82) is 0 Å². The summed E-state index contributed by atoms with van der Waals surface area (Å²) in [5, 5.41) is 0. The molecule has 0 amide bonds. The van der Waals surface area contributed by atoms with Gasteiger partial charge in [-0.25, -0.2) is 4.57 Å². The van der Waals surface area contributed by atoms with Crippen LogP contribution in [0.15, 0.2) is 12.3 Å². The largest absolute Gasteiger partial charge is 0.433 e. The van der Waals surface area contributed by atoms with Gasteiger partial charge >= 0.3 is 7.60 Å². The van der Waals surface area contributed by atoms with Crippen molar-refractivity contribution in [2.45, 2.75) is 6.92 Å². The topological polar surface area (TPSA) is 35.5 Å². The molecule has 0 heterocycles. The molecule has 4 heteroatoms. The van der Waals surface area contributed by atoms with E-state index in [1.165, 1.54) is 20.0 Å². The van der Waals surface area contributed by atoms with E-state index in [0.717, 1.165) is 0 Å². The van der Waals surface area contributed by atoms with Crippen LogP contribution in [-0.4, -0.2) is 13.8 Å². The molecule has 0 saturated heterocycles. The zero-order valence-electron chi connectivity index (χ0n) is 5.83. The third-order valence-corrected chi connectivity index (χ3v) is 1.89. The number of hydrogen-bond acceptors (Lipinski definition) is 3. The van der Waals surface area contributed by atoms with Crippen LogP contribution < -0.4 is 0 Å². The Kier molecular flexibility index (Phi) is 3.59. The molecule has 54 valence electrons. The Morgan fingerprint density at radius 3 is 2.44 bits per heavy atom. The molecule has 0 aliphatic heterocycles. The molecule has 1 unspecified atom stereocenters. The Balaban J connectivity index is 3.73. The fourth-order valence-corrected chi connectivity index (χ4v) is 0.643. The van der Waals surface area contributed by atoms with Gasteiger partial charge in [-0.1, -0.05) is 6.08 Å². The summed E-state index contributed by atoms with van der Waals surface area (Å²) in [4.78, 5) is 0. The fourth-order valence-electron chi connectivity index (χ4n) is 0.214. The normalized spacial score (nSPS) is 17.7. The summed E-state index contributed by atoms with van der Waals surface area (Å²) in [6, 6.07) is 0. The van der Waals surface area contributed by atoms with Crippen molar-refractivity contribution < 1.29 is 13.6 Å². The van der Waals surface area contributed by atoms with Crippen LogP contribution in [0.4, 0.5) is 0 Å². The van der Waals surface area contributed by atoms with Gasteiger partial charge in [-0.2, -0.15) is 0 Å². The summed E-state index contributed by atoms with van der Waals surface area (Å²) in [6.07, 6.45) is 3.00. The first-order chi connectivity index (χ1) is 4.12. The zero-order chi connectivity index (χ0) is 7.33. The minimum Gasteiger partial charge on any atom is -0.433 e. The molecular formula is C5H11O3P. The van der Waals surface area contributed by atoms with Crippen LogP contribution >= 0.6 is 7.60 Å². The Hall–Kier alpha value is -0.270. The first-order valence-corrected chi connectivity index (χ1v) is 4.54.